The molecule has 1 heterocycles. The first-order valence-electron chi connectivity index (χ1n) is 6.62. The Labute approximate surface area is 120 Å². The average molecular weight is 285 g/mol. The number of hydrogen-bond acceptors (Lipinski definition) is 1. The number of aryl methyl sites for hydroxylation is 2. The number of benzene rings is 2. The second kappa shape index (κ2) is 5.36. The molecule has 0 aliphatic carbocycles. The molecule has 0 aliphatic rings. The number of nitrogens with zero attached hydrogens (tertiary/aromatic N) is 1. The van der Waals surface area contributed by atoms with Crippen molar-refractivity contribution in [3.05, 3.63) is 65.6 Å². The predicted molar refractivity (Wildman–Crippen MR) is 75.6 cm³/mol. The van der Waals surface area contributed by atoms with Crippen LogP contribution in [-0.2, 0) is 13.0 Å². The summed E-state index contributed by atoms with van der Waals surface area (Å²) in [5.74, 6) is -1.17. The summed E-state index contributed by atoms with van der Waals surface area (Å²) in [5, 5.41) is 12.9. The van der Waals surface area contributed by atoms with Crippen molar-refractivity contribution in [2.75, 3.05) is 0 Å². The van der Waals surface area contributed by atoms with Gasteiger partial charge in [-0.25, -0.2) is 9.18 Å². The van der Waals surface area contributed by atoms with E-state index < -0.39 is 5.97 Å². The fraction of sp³-hybridized carbons (Fsp3) is 0.125. The Morgan fingerprint density at radius 2 is 1.95 bits per heavy atom. The number of H-pyrrole nitrogens is 1. The summed E-state index contributed by atoms with van der Waals surface area (Å²) in [5.41, 5.74) is 2.27. The van der Waals surface area contributed by atoms with Gasteiger partial charge < -0.3 is 5.11 Å². The van der Waals surface area contributed by atoms with Gasteiger partial charge in [-0.15, -0.1) is 4.68 Å². The number of aromatic nitrogens is 2. The Bertz CT molecular complexity index is 794. The molecule has 0 fully saturated rings. The predicted octanol–water partition coefficient (Wildman–Crippen LogP) is 2.54. The van der Waals surface area contributed by atoms with E-state index in [0.29, 0.717) is 6.54 Å². The van der Waals surface area contributed by atoms with Gasteiger partial charge in [0.05, 0.1) is 17.1 Å². The number of hydrogen-bond donors (Lipinski definition) is 2. The number of aromatic amines is 1. The molecule has 4 nitrogen and oxygen atoms in total. The summed E-state index contributed by atoms with van der Waals surface area (Å²) in [7, 11) is 0. The quantitative estimate of drug-likeness (QED) is 0.724. The maximum atomic E-state index is 12.9. The third-order valence-electron chi connectivity index (χ3n) is 3.48. The molecular weight excluding hydrogens is 271 g/mol. The van der Waals surface area contributed by atoms with Crippen molar-refractivity contribution >= 4 is 16.9 Å². The Kier molecular flexibility index (Phi) is 3.39. The standard InChI is InChI=1S/C16H13FN2O2/c17-14-4-1-11(2-5-14)7-8-19-15-6-3-12(16(20)21)9-13(15)10-18-19/h1-6,9-10H,7-8H2,(H,20,21)/p+1. The number of carbonyl (C=O) groups is 1. The Hall–Kier alpha value is -2.69. The largest absolute Gasteiger partial charge is 0.478 e. The number of carboxylic acids is 1. The van der Waals surface area contributed by atoms with Crippen LogP contribution >= 0.6 is 0 Å². The number of rotatable bonds is 4. The van der Waals surface area contributed by atoms with Crippen molar-refractivity contribution < 1.29 is 19.0 Å². The van der Waals surface area contributed by atoms with Gasteiger partial charge in [0, 0.05) is 12.5 Å². The lowest BCUT2D eigenvalue weighted by atomic mass is 10.1. The van der Waals surface area contributed by atoms with Crippen LogP contribution in [0.1, 0.15) is 15.9 Å². The molecule has 0 bridgehead atoms. The van der Waals surface area contributed by atoms with Crippen LogP contribution in [0.4, 0.5) is 4.39 Å². The highest BCUT2D eigenvalue weighted by Gasteiger charge is 2.13. The van der Waals surface area contributed by atoms with Crippen LogP contribution in [0.25, 0.3) is 10.9 Å². The molecule has 0 atom stereocenters. The lowest BCUT2D eigenvalue weighted by molar-refractivity contribution is -0.726. The van der Waals surface area contributed by atoms with Gasteiger partial charge in [-0.3, -0.25) is 0 Å². The SMILES string of the molecule is O=C(O)c1ccc2c(c[nH][n+]2CCc2ccc(F)cc2)c1. The van der Waals surface area contributed by atoms with E-state index >= 15 is 0 Å². The number of nitrogens with one attached hydrogen (secondary N) is 1. The minimum Gasteiger partial charge on any atom is -0.478 e. The van der Waals surface area contributed by atoms with Crippen molar-refractivity contribution in [1.29, 1.82) is 0 Å². The first-order chi connectivity index (χ1) is 10.1. The van der Waals surface area contributed by atoms with Crippen molar-refractivity contribution in [1.82, 2.24) is 5.10 Å². The molecule has 0 spiro atoms. The molecule has 106 valence electrons. The first-order valence-corrected chi connectivity index (χ1v) is 6.62. The molecule has 0 amide bonds. The van der Waals surface area contributed by atoms with Crippen molar-refractivity contribution in [3.8, 4) is 0 Å². The van der Waals surface area contributed by atoms with Crippen LogP contribution in [0.3, 0.4) is 0 Å². The van der Waals surface area contributed by atoms with E-state index in [0.717, 1.165) is 22.9 Å². The molecule has 0 saturated carbocycles. The van der Waals surface area contributed by atoms with E-state index in [1.165, 1.54) is 12.1 Å². The van der Waals surface area contributed by atoms with Crippen LogP contribution in [0.2, 0.25) is 0 Å². The van der Waals surface area contributed by atoms with E-state index in [1.54, 1.807) is 36.5 Å². The number of carboxylic acid groups (broad SMARTS) is 1. The van der Waals surface area contributed by atoms with Gasteiger partial charge in [0.2, 0.25) is 5.52 Å². The van der Waals surface area contributed by atoms with Crippen LogP contribution in [0.5, 0.6) is 0 Å². The summed E-state index contributed by atoms with van der Waals surface area (Å²) >= 11 is 0. The second-order valence-corrected chi connectivity index (χ2v) is 4.88. The van der Waals surface area contributed by atoms with Gasteiger partial charge in [0.25, 0.3) is 0 Å². The van der Waals surface area contributed by atoms with E-state index in [9.17, 15) is 9.18 Å². The van der Waals surface area contributed by atoms with Gasteiger partial charge in [0.15, 0.2) is 6.54 Å². The van der Waals surface area contributed by atoms with Gasteiger partial charge in [0.1, 0.15) is 5.82 Å². The normalized spacial score (nSPS) is 10.9. The lowest BCUT2D eigenvalue weighted by Gasteiger charge is -1.98. The molecule has 1 aromatic heterocycles. The molecule has 3 aromatic rings. The van der Waals surface area contributed by atoms with Gasteiger partial charge >= 0.3 is 5.97 Å². The molecule has 5 heteroatoms. The summed E-state index contributed by atoms with van der Waals surface area (Å²) in [6.45, 7) is 0.710. The Morgan fingerprint density at radius 3 is 2.67 bits per heavy atom. The van der Waals surface area contributed by atoms with Crippen LogP contribution in [-0.4, -0.2) is 16.2 Å². The Morgan fingerprint density at radius 1 is 1.19 bits per heavy atom. The minimum absolute atomic E-state index is 0.238. The maximum absolute atomic E-state index is 12.9. The van der Waals surface area contributed by atoms with Crippen LogP contribution < -0.4 is 4.68 Å². The van der Waals surface area contributed by atoms with Gasteiger partial charge in [-0.2, -0.15) is 5.10 Å². The van der Waals surface area contributed by atoms with Gasteiger partial charge in [-0.05, 0) is 29.8 Å². The minimum atomic E-state index is -0.934. The first kappa shape index (κ1) is 13.3. The number of fused-ring (bicyclic) bond motifs is 1. The third-order valence-corrected chi connectivity index (χ3v) is 3.48. The summed E-state index contributed by atoms with van der Waals surface area (Å²) in [4.78, 5) is 10.9. The highest BCUT2D eigenvalue weighted by atomic mass is 19.1. The molecular formula is C16H14FN2O2+. The van der Waals surface area contributed by atoms with E-state index in [2.05, 4.69) is 5.10 Å². The highest BCUT2D eigenvalue weighted by molar-refractivity contribution is 5.92. The highest BCUT2D eigenvalue weighted by Crippen LogP contribution is 2.12. The average Bonchev–Trinajstić information content (AvgIpc) is 2.89. The fourth-order valence-electron chi connectivity index (χ4n) is 2.34. The monoisotopic (exact) mass is 285 g/mol. The van der Waals surface area contributed by atoms with E-state index in [1.807, 2.05) is 4.68 Å². The summed E-state index contributed by atoms with van der Waals surface area (Å²) in [6, 6.07) is 11.5. The van der Waals surface area contributed by atoms with E-state index in [-0.39, 0.29) is 11.4 Å². The molecule has 21 heavy (non-hydrogen) atoms. The summed E-state index contributed by atoms with van der Waals surface area (Å²) in [6.07, 6.45) is 2.55. The molecule has 2 aromatic carbocycles. The molecule has 3 rings (SSSR count). The molecule has 0 radical (unpaired) electrons. The third kappa shape index (κ3) is 2.76. The Balaban J connectivity index is 1.81. The molecule has 0 unspecified atom stereocenters. The zero-order chi connectivity index (χ0) is 14.8. The van der Waals surface area contributed by atoms with Crippen LogP contribution in [0, 0.1) is 5.82 Å². The topological polar surface area (TPSA) is 57.0 Å². The fourth-order valence-corrected chi connectivity index (χ4v) is 2.34. The maximum Gasteiger partial charge on any atom is 0.335 e. The zero-order valence-electron chi connectivity index (χ0n) is 11.2. The van der Waals surface area contributed by atoms with E-state index in [4.69, 9.17) is 5.11 Å². The van der Waals surface area contributed by atoms with Crippen molar-refractivity contribution in [3.63, 3.8) is 0 Å². The smallest absolute Gasteiger partial charge is 0.335 e. The molecule has 2 N–H and O–H groups in total. The molecule has 0 saturated heterocycles. The van der Waals surface area contributed by atoms with Crippen LogP contribution in [0.15, 0.2) is 48.7 Å². The lowest BCUT2D eigenvalue weighted by Crippen LogP contribution is -2.36. The van der Waals surface area contributed by atoms with Crippen molar-refractivity contribution in [2.45, 2.75) is 13.0 Å². The summed E-state index contributed by atoms with van der Waals surface area (Å²) < 4.78 is 14.8. The zero-order valence-corrected chi connectivity index (χ0v) is 11.2. The number of halogens is 1. The second-order valence-electron chi connectivity index (χ2n) is 4.88. The van der Waals surface area contributed by atoms with Gasteiger partial charge in [-0.1, -0.05) is 12.1 Å². The van der Waals surface area contributed by atoms with Crippen molar-refractivity contribution in [2.24, 2.45) is 0 Å². The molecule has 0 aliphatic heterocycles. The number of aromatic carboxylic acids is 1.